The topological polar surface area (TPSA) is 9.23 Å². The standard InChI is InChI=1S/C16H14O.C2H4/c1-3-13-5-9-15(10-6-13)17-16-11-7-14(4-2)8-12-16;1-2/h3-12H,1-2H2;1-2H2. The minimum Gasteiger partial charge on any atom is -0.457 e. The van der Waals surface area contributed by atoms with Gasteiger partial charge in [-0.1, -0.05) is 49.6 Å². The van der Waals surface area contributed by atoms with Crippen LogP contribution >= 0.6 is 0 Å². The van der Waals surface area contributed by atoms with Gasteiger partial charge < -0.3 is 4.74 Å². The lowest BCUT2D eigenvalue weighted by Crippen LogP contribution is -1.84. The highest BCUT2D eigenvalue weighted by Gasteiger charge is 1.96. The molecule has 0 heterocycles. The van der Waals surface area contributed by atoms with E-state index >= 15 is 0 Å². The van der Waals surface area contributed by atoms with E-state index in [2.05, 4.69) is 26.3 Å². The summed E-state index contributed by atoms with van der Waals surface area (Å²) in [5, 5.41) is 0. The van der Waals surface area contributed by atoms with E-state index in [1.54, 1.807) is 0 Å². The van der Waals surface area contributed by atoms with Crippen molar-refractivity contribution in [2.45, 2.75) is 0 Å². The zero-order chi connectivity index (χ0) is 14.1. The molecule has 0 saturated heterocycles. The molecule has 0 fully saturated rings. The van der Waals surface area contributed by atoms with E-state index in [1.807, 2.05) is 60.7 Å². The number of ether oxygens (including phenoxy) is 1. The molecule has 0 aliphatic carbocycles. The Kier molecular flexibility index (Phi) is 5.90. The molecular formula is C18H18O. The van der Waals surface area contributed by atoms with Gasteiger partial charge in [0.05, 0.1) is 0 Å². The molecule has 1 nitrogen and oxygen atoms in total. The summed E-state index contributed by atoms with van der Waals surface area (Å²) in [6.45, 7) is 13.4. The Morgan fingerprint density at radius 2 is 0.947 bits per heavy atom. The van der Waals surface area contributed by atoms with Crippen LogP contribution in [-0.4, -0.2) is 0 Å². The monoisotopic (exact) mass is 250 g/mol. The average Bonchev–Trinajstić information content (AvgIpc) is 2.51. The van der Waals surface area contributed by atoms with Gasteiger partial charge in [-0.25, -0.2) is 0 Å². The van der Waals surface area contributed by atoms with Crippen LogP contribution < -0.4 is 4.74 Å². The predicted octanol–water partition coefficient (Wildman–Crippen LogP) is 5.57. The smallest absolute Gasteiger partial charge is 0.127 e. The Bertz CT molecular complexity index is 471. The Labute approximate surface area is 115 Å². The minimum atomic E-state index is 0.821. The third kappa shape index (κ3) is 4.32. The molecular weight excluding hydrogens is 232 g/mol. The molecule has 0 N–H and O–H groups in total. The van der Waals surface area contributed by atoms with Gasteiger partial charge in [0.25, 0.3) is 0 Å². The lowest BCUT2D eigenvalue weighted by molar-refractivity contribution is 0.482. The zero-order valence-corrected chi connectivity index (χ0v) is 11.0. The summed E-state index contributed by atoms with van der Waals surface area (Å²) in [6.07, 6.45) is 3.62. The molecule has 0 radical (unpaired) electrons. The first-order valence-corrected chi connectivity index (χ1v) is 5.94. The quantitative estimate of drug-likeness (QED) is 0.645. The average molecular weight is 250 g/mol. The van der Waals surface area contributed by atoms with Gasteiger partial charge in [0.2, 0.25) is 0 Å². The third-order valence-electron chi connectivity index (χ3n) is 2.47. The molecule has 0 spiro atoms. The van der Waals surface area contributed by atoms with Gasteiger partial charge in [0.15, 0.2) is 0 Å². The van der Waals surface area contributed by atoms with Crippen molar-refractivity contribution in [3.05, 3.63) is 86.0 Å². The largest absolute Gasteiger partial charge is 0.457 e. The number of hydrogen-bond donors (Lipinski definition) is 0. The Morgan fingerprint density at radius 3 is 1.21 bits per heavy atom. The lowest BCUT2D eigenvalue weighted by Gasteiger charge is -2.06. The zero-order valence-electron chi connectivity index (χ0n) is 11.0. The maximum atomic E-state index is 5.71. The van der Waals surface area contributed by atoms with Crippen LogP contribution in [0.5, 0.6) is 11.5 Å². The molecule has 0 saturated carbocycles. The van der Waals surface area contributed by atoms with Gasteiger partial charge in [0, 0.05) is 0 Å². The van der Waals surface area contributed by atoms with Gasteiger partial charge in [-0.2, -0.15) is 0 Å². The van der Waals surface area contributed by atoms with Crippen LogP contribution in [0.2, 0.25) is 0 Å². The first-order valence-electron chi connectivity index (χ1n) is 5.94. The fourth-order valence-corrected chi connectivity index (χ4v) is 1.48. The molecule has 2 aromatic carbocycles. The Hall–Kier alpha value is -2.54. The van der Waals surface area contributed by atoms with Crippen LogP contribution in [0.25, 0.3) is 12.2 Å². The van der Waals surface area contributed by atoms with E-state index in [4.69, 9.17) is 4.74 Å². The highest BCUT2D eigenvalue weighted by molar-refractivity contribution is 5.50. The summed E-state index contributed by atoms with van der Waals surface area (Å²) in [5.41, 5.74) is 2.17. The normalized spacial score (nSPS) is 8.84. The summed E-state index contributed by atoms with van der Waals surface area (Å²) in [4.78, 5) is 0. The lowest BCUT2D eigenvalue weighted by atomic mass is 10.2. The second-order valence-electron chi connectivity index (χ2n) is 3.65. The van der Waals surface area contributed by atoms with Crippen molar-refractivity contribution >= 4 is 12.2 Å². The van der Waals surface area contributed by atoms with Gasteiger partial charge in [0.1, 0.15) is 11.5 Å². The minimum absolute atomic E-state index is 0.821. The molecule has 2 aromatic rings. The van der Waals surface area contributed by atoms with Crippen LogP contribution in [0, 0.1) is 0 Å². The van der Waals surface area contributed by atoms with Crippen molar-refractivity contribution in [1.82, 2.24) is 0 Å². The van der Waals surface area contributed by atoms with Gasteiger partial charge in [-0.3, -0.25) is 0 Å². The van der Waals surface area contributed by atoms with Crippen LogP contribution in [0.4, 0.5) is 0 Å². The van der Waals surface area contributed by atoms with Gasteiger partial charge >= 0.3 is 0 Å². The molecule has 0 amide bonds. The van der Waals surface area contributed by atoms with E-state index in [1.165, 1.54) is 0 Å². The van der Waals surface area contributed by atoms with E-state index in [0.717, 1.165) is 22.6 Å². The maximum Gasteiger partial charge on any atom is 0.127 e. The fourth-order valence-electron chi connectivity index (χ4n) is 1.48. The van der Waals surface area contributed by atoms with Crippen molar-refractivity contribution in [2.75, 3.05) is 0 Å². The van der Waals surface area contributed by atoms with Gasteiger partial charge in [-0.05, 0) is 35.4 Å². The summed E-state index contributed by atoms with van der Waals surface area (Å²) >= 11 is 0. The first-order chi connectivity index (χ1) is 9.31. The third-order valence-corrected chi connectivity index (χ3v) is 2.47. The molecule has 0 atom stereocenters. The molecule has 0 aliphatic rings. The van der Waals surface area contributed by atoms with Crippen LogP contribution in [-0.2, 0) is 0 Å². The summed E-state index contributed by atoms with van der Waals surface area (Å²) in [5.74, 6) is 1.64. The van der Waals surface area contributed by atoms with Crippen molar-refractivity contribution < 1.29 is 4.74 Å². The summed E-state index contributed by atoms with van der Waals surface area (Å²) in [7, 11) is 0. The Morgan fingerprint density at radius 1 is 0.632 bits per heavy atom. The predicted molar refractivity (Wildman–Crippen MR) is 84.4 cm³/mol. The molecule has 0 bridgehead atoms. The van der Waals surface area contributed by atoms with E-state index in [-0.39, 0.29) is 0 Å². The van der Waals surface area contributed by atoms with E-state index < -0.39 is 0 Å². The number of rotatable bonds is 4. The van der Waals surface area contributed by atoms with Crippen molar-refractivity contribution in [3.8, 4) is 11.5 Å². The van der Waals surface area contributed by atoms with Crippen LogP contribution in [0.1, 0.15) is 11.1 Å². The molecule has 0 aliphatic heterocycles. The molecule has 0 aromatic heterocycles. The Balaban J connectivity index is 0.000000861. The molecule has 1 heteroatoms. The van der Waals surface area contributed by atoms with Crippen molar-refractivity contribution in [3.63, 3.8) is 0 Å². The van der Waals surface area contributed by atoms with Gasteiger partial charge in [-0.15, -0.1) is 13.2 Å². The second kappa shape index (κ2) is 7.72. The van der Waals surface area contributed by atoms with Crippen LogP contribution in [0.15, 0.2) is 74.8 Å². The van der Waals surface area contributed by atoms with Crippen LogP contribution in [0.3, 0.4) is 0 Å². The molecule has 2 rings (SSSR count). The van der Waals surface area contributed by atoms with E-state index in [0.29, 0.717) is 0 Å². The molecule has 19 heavy (non-hydrogen) atoms. The van der Waals surface area contributed by atoms with E-state index in [9.17, 15) is 0 Å². The fraction of sp³-hybridized carbons (Fsp3) is 0. The number of hydrogen-bond acceptors (Lipinski definition) is 1. The molecule has 0 unspecified atom stereocenters. The molecule has 96 valence electrons. The summed E-state index contributed by atoms with van der Waals surface area (Å²) in [6, 6.07) is 15.6. The summed E-state index contributed by atoms with van der Waals surface area (Å²) < 4.78 is 5.71. The number of benzene rings is 2. The van der Waals surface area contributed by atoms with Crippen molar-refractivity contribution in [2.24, 2.45) is 0 Å². The van der Waals surface area contributed by atoms with Crippen molar-refractivity contribution in [1.29, 1.82) is 0 Å². The second-order valence-corrected chi connectivity index (χ2v) is 3.65. The first kappa shape index (κ1) is 14.5. The highest BCUT2D eigenvalue weighted by Crippen LogP contribution is 2.22. The highest BCUT2D eigenvalue weighted by atomic mass is 16.5. The maximum absolute atomic E-state index is 5.71. The SMILES string of the molecule is C=C.C=Cc1ccc(Oc2ccc(C=C)cc2)cc1.